The topological polar surface area (TPSA) is 85.5 Å². The lowest BCUT2D eigenvalue weighted by atomic mass is 9.98. The number of hydrogen-bond acceptors (Lipinski definition) is 6. The second kappa shape index (κ2) is 8.26. The van der Waals surface area contributed by atoms with E-state index >= 15 is 0 Å². The lowest BCUT2D eigenvalue weighted by Gasteiger charge is -2.23. The molecule has 1 unspecified atom stereocenters. The van der Waals surface area contributed by atoms with E-state index in [0.29, 0.717) is 23.3 Å². The van der Waals surface area contributed by atoms with E-state index in [-0.39, 0.29) is 22.7 Å². The van der Waals surface area contributed by atoms with Crippen molar-refractivity contribution in [3.63, 3.8) is 0 Å². The summed E-state index contributed by atoms with van der Waals surface area (Å²) in [5.74, 6) is 0.449. The van der Waals surface area contributed by atoms with Crippen molar-refractivity contribution in [1.82, 2.24) is 9.97 Å². The van der Waals surface area contributed by atoms with Crippen LogP contribution in [-0.4, -0.2) is 22.5 Å². The number of unbranched alkanes of at least 4 members (excludes halogenated alkanes) is 1. The van der Waals surface area contributed by atoms with Crippen LogP contribution in [0.5, 0.6) is 5.75 Å². The molecular formula is C25H21N3O4. The number of rotatable bonds is 6. The zero-order chi connectivity index (χ0) is 22.1. The number of ether oxygens (including phenoxy) is 1. The fourth-order valence-corrected chi connectivity index (χ4v) is 3.97. The van der Waals surface area contributed by atoms with Crippen LogP contribution in [0.15, 0.2) is 76.2 Å². The van der Waals surface area contributed by atoms with E-state index in [0.717, 1.165) is 18.4 Å². The first-order valence-corrected chi connectivity index (χ1v) is 10.6. The van der Waals surface area contributed by atoms with Gasteiger partial charge in [-0.15, -0.1) is 0 Å². The number of carbonyl (C=O) groups is 1. The summed E-state index contributed by atoms with van der Waals surface area (Å²) in [6, 6.07) is 15.3. The molecule has 1 amide bonds. The van der Waals surface area contributed by atoms with Gasteiger partial charge in [-0.3, -0.25) is 14.5 Å². The smallest absolute Gasteiger partial charge is 0.297 e. The van der Waals surface area contributed by atoms with Gasteiger partial charge in [0.15, 0.2) is 5.43 Å². The Morgan fingerprint density at radius 2 is 1.84 bits per heavy atom. The molecule has 0 saturated heterocycles. The van der Waals surface area contributed by atoms with Crippen molar-refractivity contribution in [2.75, 3.05) is 11.5 Å². The molecule has 0 spiro atoms. The summed E-state index contributed by atoms with van der Waals surface area (Å²) in [6.07, 6.45) is 5.09. The van der Waals surface area contributed by atoms with Gasteiger partial charge in [0, 0.05) is 12.4 Å². The van der Waals surface area contributed by atoms with Crippen molar-refractivity contribution in [3.8, 4) is 5.75 Å². The summed E-state index contributed by atoms with van der Waals surface area (Å²) < 4.78 is 11.8. The summed E-state index contributed by atoms with van der Waals surface area (Å²) in [5, 5.41) is 0.426. The van der Waals surface area contributed by atoms with E-state index in [1.807, 2.05) is 24.3 Å². The summed E-state index contributed by atoms with van der Waals surface area (Å²) in [6.45, 7) is 2.70. The average molecular weight is 427 g/mol. The maximum absolute atomic E-state index is 13.5. The van der Waals surface area contributed by atoms with Gasteiger partial charge >= 0.3 is 0 Å². The largest absolute Gasteiger partial charge is 0.494 e. The molecule has 2 aromatic heterocycles. The van der Waals surface area contributed by atoms with Crippen LogP contribution in [0, 0.1) is 0 Å². The van der Waals surface area contributed by atoms with Crippen molar-refractivity contribution < 1.29 is 13.9 Å². The molecule has 1 atom stereocenters. The van der Waals surface area contributed by atoms with Crippen LogP contribution in [0.1, 0.15) is 47.5 Å². The van der Waals surface area contributed by atoms with E-state index in [9.17, 15) is 9.59 Å². The third-order valence-electron chi connectivity index (χ3n) is 5.49. The number of carbonyl (C=O) groups excluding carboxylic acids is 1. The molecule has 160 valence electrons. The van der Waals surface area contributed by atoms with Crippen LogP contribution in [0.3, 0.4) is 0 Å². The van der Waals surface area contributed by atoms with Crippen molar-refractivity contribution in [2.45, 2.75) is 25.8 Å². The fourth-order valence-electron chi connectivity index (χ4n) is 3.97. The Morgan fingerprint density at radius 1 is 1.03 bits per heavy atom. The number of nitrogens with zero attached hydrogens (tertiary/aromatic N) is 3. The van der Waals surface area contributed by atoms with Crippen LogP contribution < -0.4 is 15.1 Å². The Morgan fingerprint density at radius 3 is 2.66 bits per heavy atom. The zero-order valence-corrected chi connectivity index (χ0v) is 17.5. The maximum atomic E-state index is 13.5. The van der Waals surface area contributed by atoms with Gasteiger partial charge in [-0.25, -0.2) is 9.97 Å². The molecule has 0 fully saturated rings. The predicted octanol–water partition coefficient (Wildman–Crippen LogP) is 4.51. The van der Waals surface area contributed by atoms with Crippen LogP contribution in [0.2, 0.25) is 0 Å². The molecule has 0 saturated carbocycles. The standard InChI is InChI=1S/C25H21N3O4/c1-2-3-14-31-17-9-6-8-16(15-17)21-20-22(29)18-10-4-5-11-19(18)32-23(20)24(30)28(21)25-26-12-7-13-27-25/h4-13,15,21H,2-3,14H2,1H3. The molecular weight excluding hydrogens is 406 g/mol. The van der Waals surface area contributed by atoms with Crippen LogP contribution in [-0.2, 0) is 0 Å². The number of fused-ring (bicyclic) bond motifs is 2. The Labute approximate surface area is 184 Å². The lowest BCUT2D eigenvalue weighted by molar-refractivity contribution is 0.0969. The second-order valence-electron chi connectivity index (χ2n) is 7.57. The van der Waals surface area contributed by atoms with Gasteiger partial charge in [0.25, 0.3) is 5.91 Å². The monoisotopic (exact) mass is 427 g/mol. The molecule has 32 heavy (non-hydrogen) atoms. The molecule has 1 aliphatic heterocycles. The zero-order valence-electron chi connectivity index (χ0n) is 17.5. The molecule has 0 aliphatic carbocycles. The first-order chi connectivity index (χ1) is 15.7. The van der Waals surface area contributed by atoms with Crippen molar-refractivity contribution >= 4 is 22.8 Å². The molecule has 1 aliphatic rings. The molecule has 0 bridgehead atoms. The van der Waals surface area contributed by atoms with E-state index in [1.165, 1.54) is 4.90 Å². The quantitative estimate of drug-likeness (QED) is 0.421. The molecule has 5 rings (SSSR count). The van der Waals surface area contributed by atoms with Crippen LogP contribution in [0.4, 0.5) is 5.95 Å². The molecule has 7 heteroatoms. The Bertz CT molecular complexity index is 1350. The third kappa shape index (κ3) is 3.32. The Balaban J connectivity index is 1.70. The molecule has 2 aromatic carbocycles. The highest BCUT2D eigenvalue weighted by Crippen LogP contribution is 2.40. The van der Waals surface area contributed by atoms with Gasteiger partial charge in [-0.1, -0.05) is 37.6 Å². The predicted molar refractivity (Wildman–Crippen MR) is 120 cm³/mol. The molecule has 0 radical (unpaired) electrons. The molecule has 4 aromatic rings. The summed E-state index contributed by atoms with van der Waals surface area (Å²) >= 11 is 0. The van der Waals surface area contributed by atoms with Crippen molar-refractivity contribution in [1.29, 1.82) is 0 Å². The summed E-state index contributed by atoms with van der Waals surface area (Å²) in [4.78, 5) is 36.9. The number of hydrogen-bond donors (Lipinski definition) is 0. The van der Waals surface area contributed by atoms with E-state index in [2.05, 4.69) is 16.9 Å². The number of para-hydroxylation sites is 1. The molecule has 0 N–H and O–H groups in total. The summed E-state index contributed by atoms with van der Waals surface area (Å²) in [7, 11) is 0. The Hall–Kier alpha value is -4.00. The van der Waals surface area contributed by atoms with Gasteiger partial charge < -0.3 is 9.15 Å². The highest BCUT2D eigenvalue weighted by Gasteiger charge is 2.45. The summed E-state index contributed by atoms with van der Waals surface area (Å²) in [5.41, 5.74) is 1.14. The Kier molecular flexibility index (Phi) is 5.15. The fraction of sp³-hybridized carbons (Fsp3) is 0.200. The highest BCUT2D eigenvalue weighted by atomic mass is 16.5. The molecule has 3 heterocycles. The lowest BCUT2D eigenvalue weighted by Crippen LogP contribution is -2.31. The minimum absolute atomic E-state index is 0.0171. The number of aromatic nitrogens is 2. The minimum Gasteiger partial charge on any atom is -0.494 e. The maximum Gasteiger partial charge on any atom is 0.297 e. The van der Waals surface area contributed by atoms with E-state index in [4.69, 9.17) is 9.15 Å². The van der Waals surface area contributed by atoms with Gasteiger partial charge in [0.1, 0.15) is 11.3 Å². The van der Waals surface area contributed by atoms with Gasteiger partial charge in [-0.2, -0.15) is 0 Å². The first-order valence-electron chi connectivity index (χ1n) is 10.6. The second-order valence-corrected chi connectivity index (χ2v) is 7.57. The highest BCUT2D eigenvalue weighted by molar-refractivity contribution is 6.09. The molecule has 7 nitrogen and oxygen atoms in total. The number of amides is 1. The van der Waals surface area contributed by atoms with Crippen LogP contribution >= 0.6 is 0 Å². The van der Waals surface area contributed by atoms with Gasteiger partial charge in [0.05, 0.1) is 23.6 Å². The van der Waals surface area contributed by atoms with Crippen molar-refractivity contribution in [2.24, 2.45) is 0 Å². The normalized spacial score (nSPS) is 15.2. The third-order valence-corrected chi connectivity index (χ3v) is 5.49. The number of benzene rings is 2. The van der Waals surface area contributed by atoms with E-state index < -0.39 is 11.9 Å². The first kappa shape index (κ1) is 19.9. The minimum atomic E-state index is -0.726. The van der Waals surface area contributed by atoms with Gasteiger partial charge in [-0.05, 0) is 42.3 Å². The van der Waals surface area contributed by atoms with Crippen molar-refractivity contribution in [3.05, 3.63) is 94.1 Å². The SMILES string of the molecule is CCCCOc1cccc(C2c3c(oc4ccccc4c3=O)C(=O)N2c2ncccn2)c1. The van der Waals surface area contributed by atoms with Crippen LogP contribution in [0.25, 0.3) is 11.0 Å². The van der Waals surface area contributed by atoms with Gasteiger partial charge in [0.2, 0.25) is 11.7 Å². The number of anilines is 1. The average Bonchev–Trinajstić information content (AvgIpc) is 3.13. The van der Waals surface area contributed by atoms with E-state index in [1.54, 1.807) is 42.7 Å².